The molecule has 0 atom stereocenters. The fourth-order valence-electron chi connectivity index (χ4n) is 2.05. The summed E-state index contributed by atoms with van der Waals surface area (Å²) in [6.07, 6.45) is 0.590. The van der Waals surface area contributed by atoms with E-state index in [-0.39, 0.29) is 5.78 Å². The summed E-state index contributed by atoms with van der Waals surface area (Å²) >= 11 is 0. The highest BCUT2D eigenvalue weighted by molar-refractivity contribution is 5.75. The van der Waals surface area contributed by atoms with Gasteiger partial charge in [0.25, 0.3) is 0 Å². The Hall–Kier alpha value is -1.35. The topological polar surface area (TPSA) is 38.3 Å². The van der Waals surface area contributed by atoms with Crippen LogP contribution < -0.4 is 10.1 Å². The lowest BCUT2D eigenvalue weighted by molar-refractivity contribution is -0.116. The molecular weight excluding hydrogens is 238 g/mol. The SMILES string of the molecule is COc1cc(C)c(CNCCC(C)=O)cc1C(C)C. The highest BCUT2D eigenvalue weighted by Gasteiger charge is 2.10. The van der Waals surface area contributed by atoms with Gasteiger partial charge in [-0.1, -0.05) is 19.9 Å². The molecule has 0 saturated carbocycles. The Labute approximate surface area is 116 Å². The predicted octanol–water partition coefficient (Wildman–Crippen LogP) is 3.20. The first kappa shape index (κ1) is 15.7. The van der Waals surface area contributed by atoms with Crippen LogP contribution in [0.5, 0.6) is 5.75 Å². The first-order chi connectivity index (χ1) is 8.95. The molecule has 0 bridgehead atoms. The lowest BCUT2D eigenvalue weighted by Gasteiger charge is -2.16. The molecule has 1 rings (SSSR count). The lowest BCUT2D eigenvalue weighted by Crippen LogP contribution is -2.17. The van der Waals surface area contributed by atoms with Gasteiger partial charge in [-0.15, -0.1) is 0 Å². The Balaban J connectivity index is 2.77. The zero-order valence-corrected chi connectivity index (χ0v) is 12.7. The van der Waals surface area contributed by atoms with E-state index >= 15 is 0 Å². The quantitative estimate of drug-likeness (QED) is 0.768. The van der Waals surface area contributed by atoms with Crippen LogP contribution in [0.4, 0.5) is 0 Å². The molecule has 0 unspecified atom stereocenters. The van der Waals surface area contributed by atoms with Crippen molar-refractivity contribution >= 4 is 5.78 Å². The van der Waals surface area contributed by atoms with E-state index in [0.717, 1.165) is 18.8 Å². The average molecular weight is 263 g/mol. The molecular formula is C16H25NO2. The molecule has 1 N–H and O–H groups in total. The highest BCUT2D eigenvalue weighted by atomic mass is 16.5. The number of benzene rings is 1. The van der Waals surface area contributed by atoms with Crippen molar-refractivity contribution in [3.63, 3.8) is 0 Å². The summed E-state index contributed by atoms with van der Waals surface area (Å²) in [6.45, 7) is 9.58. The number of ketones is 1. The van der Waals surface area contributed by atoms with E-state index in [1.165, 1.54) is 16.7 Å². The smallest absolute Gasteiger partial charge is 0.131 e. The molecule has 106 valence electrons. The number of hydrogen-bond acceptors (Lipinski definition) is 3. The molecule has 0 aromatic heterocycles. The number of Topliss-reactive ketones (excluding diaryl/α,β-unsaturated/α-hetero) is 1. The average Bonchev–Trinajstić information content (AvgIpc) is 2.34. The van der Waals surface area contributed by atoms with E-state index in [9.17, 15) is 4.79 Å². The van der Waals surface area contributed by atoms with Gasteiger partial charge in [-0.25, -0.2) is 0 Å². The molecule has 3 heteroatoms. The third kappa shape index (κ3) is 4.67. The Morgan fingerprint density at radius 2 is 2.05 bits per heavy atom. The van der Waals surface area contributed by atoms with Crippen molar-refractivity contribution in [3.8, 4) is 5.75 Å². The summed E-state index contributed by atoms with van der Waals surface area (Å²) in [6, 6.07) is 4.30. The first-order valence-corrected chi connectivity index (χ1v) is 6.83. The highest BCUT2D eigenvalue weighted by Crippen LogP contribution is 2.29. The summed E-state index contributed by atoms with van der Waals surface area (Å²) in [4.78, 5) is 10.9. The van der Waals surface area contributed by atoms with Crippen molar-refractivity contribution < 1.29 is 9.53 Å². The summed E-state index contributed by atoms with van der Waals surface area (Å²) < 4.78 is 5.43. The van der Waals surface area contributed by atoms with Crippen LogP contribution in [0.2, 0.25) is 0 Å². The monoisotopic (exact) mass is 263 g/mol. The normalized spacial score (nSPS) is 10.8. The predicted molar refractivity (Wildman–Crippen MR) is 78.8 cm³/mol. The van der Waals surface area contributed by atoms with Gasteiger partial charge >= 0.3 is 0 Å². The zero-order valence-electron chi connectivity index (χ0n) is 12.7. The van der Waals surface area contributed by atoms with E-state index in [1.807, 2.05) is 0 Å². The van der Waals surface area contributed by atoms with Crippen molar-refractivity contribution in [1.82, 2.24) is 5.32 Å². The van der Waals surface area contributed by atoms with Crippen molar-refractivity contribution in [1.29, 1.82) is 0 Å². The molecule has 0 spiro atoms. The number of rotatable bonds is 7. The fourth-order valence-corrected chi connectivity index (χ4v) is 2.05. The summed E-state index contributed by atoms with van der Waals surface area (Å²) in [7, 11) is 1.71. The molecule has 19 heavy (non-hydrogen) atoms. The Kier molecular flexibility index (Phi) is 6.03. The maximum absolute atomic E-state index is 10.9. The van der Waals surface area contributed by atoms with Gasteiger partial charge in [0.05, 0.1) is 7.11 Å². The van der Waals surface area contributed by atoms with Gasteiger partial charge in [-0.05, 0) is 42.5 Å². The molecule has 0 saturated heterocycles. The van der Waals surface area contributed by atoms with E-state index in [0.29, 0.717) is 12.3 Å². The van der Waals surface area contributed by atoms with E-state index in [1.54, 1.807) is 14.0 Å². The lowest BCUT2D eigenvalue weighted by atomic mass is 9.96. The third-order valence-corrected chi connectivity index (χ3v) is 3.28. The molecule has 0 heterocycles. The van der Waals surface area contributed by atoms with E-state index in [4.69, 9.17) is 4.74 Å². The number of aryl methyl sites for hydroxylation is 1. The molecule has 1 aromatic carbocycles. The molecule has 0 fully saturated rings. The maximum atomic E-state index is 10.9. The minimum Gasteiger partial charge on any atom is -0.496 e. The van der Waals surface area contributed by atoms with Gasteiger partial charge in [0.2, 0.25) is 0 Å². The van der Waals surface area contributed by atoms with Crippen molar-refractivity contribution in [3.05, 3.63) is 28.8 Å². The van der Waals surface area contributed by atoms with E-state index < -0.39 is 0 Å². The van der Waals surface area contributed by atoms with Crippen LogP contribution in [0.25, 0.3) is 0 Å². The van der Waals surface area contributed by atoms with Gasteiger partial charge < -0.3 is 10.1 Å². The minimum absolute atomic E-state index is 0.224. The summed E-state index contributed by atoms with van der Waals surface area (Å²) in [5.41, 5.74) is 3.72. The molecule has 0 amide bonds. The molecule has 3 nitrogen and oxygen atoms in total. The molecule has 0 aliphatic carbocycles. The fraction of sp³-hybridized carbons (Fsp3) is 0.562. The largest absolute Gasteiger partial charge is 0.496 e. The van der Waals surface area contributed by atoms with Crippen LogP contribution >= 0.6 is 0 Å². The molecule has 1 aromatic rings. The second kappa shape index (κ2) is 7.29. The second-order valence-electron chi connectivity index (χ2n) is 5.30. The van der Waals surface area contributed by atoms with Crippen LogP contribution in [-0.4, -0.2) is 19.4 Å². The summed E-state index contributed by atoms with van der Waals surface area (Å²) in [5, 5.41) is 3.32. The molecule has 0 radical (unpaired) electrons. The Morgan fingerprint density at radius 1 is 1.37 bits per heavy atom. The number of carbonyl (C=O) groups excluding carboxylic acids is 1. The summed E-state index contributed by atoms with van der Waals surface area (Å²) in [5.74, 6) is 1.62. The van der Waals surface area contributed by atoms with Crippen molar-refractivity contribution in [2.45, 2.75) is 46.6 Å². The number of hydrogen-bond donors (Lipinski definition) is 1. The molecule has 0 aliphatic rings. The third-order valence-electron chi connectivity index (χ3n) is 3.28. The van der Waals surface area contributed by atoms with Gasteiger partial charge in [-0.2, -0.15) is 0 Å². The van der Waals surface area contributed by atoms with Gasteiger partial charge in [0.1, 0.15) is 11.5 Å². The van der Waals surface area contributed by atoms with Crippen LogP contribution in [0.1, 0.15) is 49.8 Å². The molecule has 0 aliphatic heterocycles. The van der Waals surface area contributed by atoms with Crippen molar-refractivity contribution in [2.75, 3.05) is 13.7 Å². The van der Waals surface area contributed by atoms with Gasteiger partial charge in [0.15, 0.2) is 0 Å². The number of ether oxygens (including phenoxy) is 1. The standard InChI is InChI=1S/C16H25NO2/c1-11(2)15-9-14(10-17-7-6-13(4)18)12(3)8-16(15)19-5/h8-9,11,17H,6-7,10H2,1-5H3. The van der Waals surface area contributed by atoms with Gasteiger partial charge in [0, 0.05) is 19.5 Å². The maximum Gasteiger partial charge on any atom is 0.131 e. The van der Waals surface area contributed by atoms with Crippen LogP contribution in [0, 0.1) is 6.92 Å². The van der Waals surface area contributed by atoms with Crippen molar-refractivity contribution in [2.24, 2.45) is 0 Å². The number of nitrogens with one attached hydrogen (secondary N) is 1. The Bertz CT molecular complexity index is 439. The second-order valence-corrected chi connectivity index (χ2v) is 5.30. The number of carbonyl (C=O) groups is 1. The number of methoxy groups -OCH3 is 1. The Morgan fingerprint density at radius 3 is 2.58 bits per heavy atom. The van der Waals surface area contributed by atoms with Crippen LogP contribution in [0.3, 0.4) is 0 Å². The first-order valence-electron chi connectivity index (χ1n) is 6.83. The van der Waals surface area contributed by atoms with Crippen LogP contribution in [-0.2, 0) is 11.3 Å². The van der Waals surface area contributed by atoms with E-state index in [2.05, 4.69) is 38.2 Å². The zero-order chi connectivity index (χ0) is 14.4. The minimum atomic E-state index is 0.224. The van der Waals surface area contributed by atoms with Crippen LogP contribution in [0.15, 0.2) is 12.1 Å². The van der Waals surface area contributed by atoms with Gasteiger partial charge in [-0.3, -0.25) is 4.79 Å².